The number of likely N-dealkylation sites (tertiary alicyclic amines) is 1. The largest absolute Gasteiger partial charge is 0.328 e. The first-order chi connectivity index (χ1) is 14.7. The van der Waals surface area contributed by atoms with Crippen molar-refractivity contribution in [2.75, 3.05) is 44.7 Å². The number of benzene rings is 1. The molecule has 2 N–H and O–H groups in total. The van der Waals surface area contributed by atoms with Gasteiger partial charge in [-0.25, -0.2) is 13.6 Å². The molecule has 1 spiro atoms. The van der Waals surface area contributed by atoms with Crippen LogP contribution in [0.3, 0.4) is 0 Å². The topological polar surface area (TPSA) is 81.8 Å². The number of carbonyl (C=O) groups is 3. The second-order valence-corrected chi connectivity index (χ2v) is 8.07. The molecule has 3 fully saturated rings. The van der Waals surface area contributed by atoms with Crippen LogP contribution < -0.4 is 15.5 Å². The number of imide groups is 1. The minimum absolute atomic E-state index is 0.0747. The van der Waals surface area contributed by atoms with Crippen molar-refractivity contribution in [3.63, 3.8) is 0 Å². The first-order valence-electron chi connectivity index (χ1n) is 10.3. The maximum atomic E-state index is 13.5. The number of amides is 3. The number of alkyl halides is 2. The van der Waals surface area contributed by atoms with Crippen molar-refractivity contribution >= 4 is 35.5 Å². The molecular formula is C21H29ClF2N4O3. The second kappa shape index (κ2) is 10.5. The zero-order valence-corrected chi connectivity index (χ0v) is 18.8. The molecule has 0 saturated carbocycles. The number of rotatable bonds is 2. The van der Waals surface area contributed by atoms with Crippen LogP contribution in [0, 0.1) is 5.41 Å². The van der Waals surface area contributed by atoms with E-state index in [1.54, 1.807) is 24.1 Å². The lowest BCUT2D eigenvalue weighted by atomic mass is 9.70. The molecule has 0 radical (unpaired) electrons. The molecule has 3 aliphatic heterocycles. The minimum Gasteiger partial charge on any atom is -0.315 e. The van der Waals surface area contributed by atoms with Crippen LogP contribution >= 0.6 is 11.6 Å². The zero-order chi connectivity index (χ0) is 23.2. The van der Waals surface area contributed by atoms with Crippen LogP contribution in [0.2, 0.25) is 5.02 Å². The zero-order valence-electron chi connectivity index (χ0n) is 18.0. The number of nitrogens with zero attached hydrogens (tertiary/aromatic N) is 2. The van der Waals surface area contributed by atoms with E-state index < -0.39 is 17.4 Å². The van der Waals surface area contributed by atoms with Crippen molar-refractivity contribution in [1.82, 2.24) is 15.5 Å². The van der Waals surface area contributed by atoms with E-state index in [1.807, 2.05) is 13.8 Å². The maximum Gasteiger partial charge on any atom is 0.328 e. The quantitative estimate of drug-likeness (QED) is 0.665. The Hall–Kier alpha value is -2.10. The average Bonchev–Trinajstić information content (AvgIpc) is 2.69. The first kappa shape index (κ1) is 25.2. The van der Waals surface area contributed by atoms with Gasteiger partial charge in [0.1, 0.15) is 6.29 Å². The first-order valence-corrected chi connectivity index (χ1v) is 10.7. The highest BCUT2D eigenvalue weighted by Crippen LogP contribution is 2.46. The van der Waals surface area contributed by atoms with Gasteiger partial charge in [0.25, 0.3) is 5.92 Å². The molecule has 172 valence electrons. The van der Waals surface area contributed by atoms with E-state index in [0.717, 1.165) is 6.54 Å². The number of carbonyl (C=O) groups excluding carboxylic acids is 3. The van der Waals surface area contributed by atoms with Gasteiger partial charge in [-0.1, -0.05) is 31.5 Å². The lowest BCUT2D eigenvalue weighted by Gasteiger charge is -2.52. The predicted octanol–water partition coefficient (Wildman–Crippen LogP) is 3.17. The van der Waals surface area contributed by atoms with Crippen molar-refractivity contribution in [1.29, 1.82) is 0 Å². The van der Waals surface area contributed by atoms with E-state index in [-0.39, 0.29) is 25.4 Å². The highest BCUT2D eigenvalue weighted by Gasteiger charge is 2.59. The van der Waals surface area contributed by atoms with E-state index in [2.05, 4.69) is 10.6 Å². The van der Waals surface area contributed by atoms with Gasteiger partial charge in [0.05, 0.1) is 22.7 Å². The molecular weight excluding hydrogens is 430 g/mol. The molecule has 1 aromatic rings. The van der Waals surface area contributed by atoms with Crippen molar-refractivity contribution in [3.8, 4) is 0 Å². The lowest BCUT2D eigenvalue weighted by Crippen LogP contribution is -2.68. The standard InChI is InChI=1S/C11H9ClN2O3.C8H14F2N2.C2H6/c12-8-2-1-7(6-15)5-9(8)14-4-3-10(16)13-11(14)17;1-12-3-2-7(4-11-5-7)8(9,10)6-12;1-2/h1-2,5-6H,3-4H2,(H,13,16,17);11H,2-6H2,1H3;1-2H3. The van der Waals surface area contributed by atoms with Crippen molar-refractivity contribution in [2.24, 2.45) is 5.41 Å². The molecule has 0 aliphatic carbocycles. The molecule has 4 rings (SSSR count). The summed E-state index contributed by atoms with van der Waals surface area (Å²) < 4.78 is 26.9. The number of hydrogen-bond acceptors (Lipinski definition) is 5. The molecule has 10 heteroatoms. The molecule has 0 aromatic heterocycles. The number of anilines is 1. The Kier molecular flexibility index (Phi) is 8.50. The van der Waals surface area contributed by atoms with Crippen LogP contribution in [-0.2, 0) is 4.79 Å². The summed E-state index contributed by atoms with van der Waals surface area (Å²) in [4.78, 5) is 36.3. The van der Waals surface area contributed by atoms with Crippen LogP contribution in [0.15, 0.2) is 18.2 Å². The molecule has 3 amide bonds. The third kappa shape index (κ3) is 5.58. The maximum absolute atomic E-state index is 13.5. The molecule has 3 saturated heterocycles. The van der Waals surface area contributed by atoms with Gasteiger partial charge < -0.3 is 10.2 Å². The molecule has 1 aromatic carbocycles. The van der Waals surface area contributed by atoms with Crippen molar-refractivity contribution < 1.29 is 23.2 Å². The normalized spacial score (nSPS) is 21.7. The number of aldehydes is 1. The number of halogens is 3. The Bertz CT molecular complexity index is 818. The minimum atomic E-state index is -2.49. The Balaban J connectivity index is 0.000000214. The van der Waals surface area contributed by atoms with Gasteiger partial charge in [-0.2, -0.15) is 0 Å². The van der Waals surface area contributed by atoms with Crippen LogP contribution in [-0.4, -0.2) is 68.8 Å². The summed E-state index contributed by atoms with van der Waals surface area (Å²) in [5, 5.41) is 5.50. The highest BCUT2D eigenvalue weighted by atomic mass is 35.5. The molecule has 31 heavy (non-hydrogen) atoms. The Labute approximate surface area is 186 Å². The molecule has 3 heterocycles. The molecule has 0 atom stereocenters. The van der Waals surface area contributed by atoms with Gasteiger partial charge in [-0.05, 0) is 32.1 Å². The summed E-state index contributed by atoms with van der Waals surface area (Å²) in [5.41, 5.74) is 0.148. The summed E-state index contributed by atoms with van der Waals surface area (Å²) in [6.45, 7) is 5.97. The summed E-state index contributed by atoms with van der Waals surface area (Å²) >= 11 is 5.97. The fourth-order valence-electron chi connectivity index (χ4n) is 3.64. The summed E-state index contributed by atoms with van der Waals surface area (Å²) in [6.07, 6.45) is 1.52. The van der Waals surface area contributed by atoms with E-state index in [0.29, 0.717) is 42.1 Å². The Morgan fingerprint density at radius 1 is 1.16 bits per heavy atom. The summed E-state index contributed by atoms with van der Waals surface area (Å²) in [7, 11) is 1.76. The number of urea groups is 1. The van der Waals surface area contributed by atoms with Crippen molar-refractivity contribution in [3.05, 3.63) is 28.8 Å². The van der Waals surface area contributed by atoms with Gasteiger partial charge in [0, 0.05) is 31.6 Å². The fourth-order valence-corrected chi connectivity index (χ4v) is 3.86. The second-order valence-electron chi connectivity index (χ2n) is 7.66. The molecule has 0 unspecified atom stereocenters. The highest BCUT2D eigenvalue weighted by molar-refractivity contribution is 6.34. The number of hydrogen-bond donors (Lipinski definition) is 2. The monoisotopic (exact) mass is 458 g/mol. The van der Waals surface area contributed by atoms with Gasteiger partial charge in [-0.15, -0.1) is 0 Å². The average molecular weight is 459 g/mol. The van der Waals surface area contributed by atoms with Crippen LogP contribution in [0.25, 0.3) is 0 Å². The lowest BCUT2D eigenvalue weighted by molar-refractivity contribution is -0.185. The van der Waals surface area contributed by atoms with E-state index in [4.69, 9.17) is 11.6 Å². The summed E-state index contributed by atoms with van der Waals surface area (Å²) in [6, 6.07) is 4.10. The predicted molar refractivity (Wildman–Crippen MR) is 116 cm³/mol. The molecule has 3 aliphatic rings. The van der Waals surface area contributed by atoms with Gasteiger partial charge >= 0.3 is 6.03 Å². The van der Waals surface area contributed by atoms with Crippen LogP contribution in [0.5, 0.6) is 0 Å². The molecule has 7 nitrogen and oxygen atoms in total. The van der Waals surface area contributed by atoms with Crippen LogP contribution in [0.4, 0.5) is 19.3 Å². The third-order valence-corrected chi connectivity index (χ3v) is 5.91. The Morgan fingerprint density at radius 2 is 1.84 bits per heavy atom. The molecule has 0 bridgehead atoms. The number of piperidine rings is 1. The third-order valence-electron chi connectivity index (χ3n) is 5.59. The van der Waals surface area contributed by atoms with Gasteiger partial charge in [0.2, 0.25) is 5.91 Å². The van der Waals surface area contributed by atoms with Gasteiger partial charge in [-0.3, -0.25) is 19.8 Å². The number of nitrogens with one attached hydrogen (secondary N) is 2. The smallest absolute Gasteiger partial charge is 0.315 e. The summed E-state index contributed by atoms with van der Waals surface area (Å²) in [5.74, 6) is -2.81. The Morgan fingerprint density at radius 3 is 2.35 bits per heavy atom. The van der Waals surface area contributed by atoms with E-state index >= 15 is 0 Å². The van der Waals surface area contributed by atoms with E-state index in [1.165, 1.54) is 11.0 Å². The van der Waals surface area contributed by atoms with Crippen molar-refractivity contribution in [2.45, 2.75) is 32.6 Å². The SMILES string of the molecule is CC.CN1CCC2(CNC2)C(F)(F)C1.O=Cc1ccc(Cl)c(N2CCC(=O)NC2=O)c1. The van der Waals surface area contributed by atoms with E-state index in [9.17, 15) is 23.2 Å². The fraction of sp³-hybridized carbons (Fsp3) is 0.571. The van der Waals surface area contributed by atoms with Crippen LogP contribution in [0.1, 0.15) is 37.0 Å². The van der Waals surface area contributed by atoms with Gasteiger partial charge in [0.15, 0.2) is 0 Å².